The van der Waals surface area contributed by atoms with Gasteiger partial charge >= 0.3 is 5.97 Å². The van der Waals surface area contributed by atoms with E-state index in [0.717, 1.165) is 5.56 Å². The summed E-state index contributed by atoms with van der Waals surface area (Å²) in [6.07, 6.45) is 3.45. The van der Waals surface area contributed by atoms with Gasteiger partial charge in [0.25, 0.3) is 0 Å². The number of nitrogens with zero attached hydrogens (tertiary/aromatic N) is 5. The van der Waals surface area contributed by atoms with E-state index in [4.69, 9.17) is 9.47 Å². The van der Waals surface area contributed by atoms with Gasteiger partial charge in [-0.25, -0.2) is 9.48 Å². The van der Waals surface area contributed by atoms with E-state index in [1.54, 1.807) is 28.8 Å². The smallest absolute Gasteiger partial charge is 0.360 e. The van der Waals surface area contributed by atoms with Gasteiger partial charge in [-0.05, 0) is 6.92 Å². The van der Waals surface area contributed by atoms with Crippen LogP contribution < -0.4 is 0 Å². The lowest BCUT2D eigenvalue weighted by atomic mass is 10.2. The molecule has 0 N–H and O–H groups in total. The van der Waals surface area contributed by atoms with E-state index in [2.05, 4.69) is 15.4 Å². The molecule has 0 saturated carbocycles. The molecule has 0 unspecified atom stereocenters. The third kappa shape index (κ3) is 2.85. The fourth-order valence-corrected chi connectivity index (χ4v) is 1.83. The minimum absolute atomic E-state index is 0.178. The van der Waals surface area contributed by atoms with Gasteiger partial charge in [-0.2, -0.15) is 5.10 Å². The quantitative estimate of drug-likeness (QED) is 0.565. The monoisotopic (exact) mass is 279 g/mol. The molecule has 0 fully saturated rings. The van der Waals surface area contributed by atoms with Crippen LogP contribution in [0.15, 0.2) is 12.4 Å². The first-order valence-corrected chi connectivity index (χ1v) is 6.26. The molecule has 20 heavy (non-hydrogen) atoms. The number of ether oxygens (including phenoxy) is 2. The summed E-state index contributed by atoms with van der Waals surface area (Å²) in [6, 6.07) is 0. The average molecular weight is 279 g/mol. The minimum atomic E-state index is -0.522. The van der Waals surface area contributed by atoms with Gasteiger partial charge in [0.1, 0.15) is 5.69 Å². The van der Waals surface area contributed by atoms with Crippen molar-refractivity contribution in [3.05, 3.63) is 18.1 Å². The highest BCUT2D eigenvalue weighted by atomic mass is 16.5. The van der Waals surface area contributed by atoms with Crippen molar-refractivity contribution in [3.63, 3.8) is 0 Å². The molecule has 2 aromatic heterocycles. The Hall–Kier alpha value is -2.22. The van der Waals surface area contributed by atoms with Crippen LogP contribution in [-0.4, -0.2) is 51.1 Å². The molecule has 0 atom stereocenters. The molecule has 8 nitrogen and oxygen atoms in total. The van der Waals surface area contributed by atoms with Gasteiger partial charge in [-0.1, -0.05) is 5.21 Å². The minimum Gasteiger partial charge on any atom is -0.464 e. The number of esters is 1. The maximum absolute atomic E-state index is 11.8. The lowest BCUT2D eigenvalue weighted by Crippen LogP contribution is -2.10. The first-order valence-electron chi connectivity index (χ1n) is 6.26. The molecular weight excluding hydrogens is 262 g/mol. The van der Waals surface area contributed by atoms with Crippen molar-refractivity contribution in [3.8, 4) is 11.3 Å². The second kappa shape index (κ2) is 6.29. The zero-order chi connectivity index (χ0) is 14.5. The van der Waals surface area contributed by atoms with Gasteiger partial charge in [-0.3, -0.25) is 4.68 Å². The van der Waals surface area contributed by atoms with Crippen LogP contribution in [0.1, 0.15) is 17.4 Å². The van der Waals surface area contributed by atoms with Crippen LogP contribution in [0.2, 0.25) is 0 Å². The van der Waals surface area contributed by atoms with E-state index in [9.17, 15) is 4.79 Å². The Bertz CT molecular complexity index is 590. The van der Waals surface area contributed by atoms with Crippen molar-refractivity contribution in [1.82, 2.24) is 24.8 Å². The predicted octanol–water partition coefficient (Wildman–Crippen LogP) is 0.502. The molecule has 0 aliphatic heterocycles. The standard InChI is InChI=1S/C12H17N5O3/c1-4-20-6-5-17-11(9-7-13-16(2)8-9)10(14-15-17)12(18)19-3/h7-8H,4-6H2,1-3H3. The summed E-state index contributed by atoms with van der Waals surface area (Å²) in [5.74, 6) is -0.522. The van der Waals surface area contributed by atoms with Crippen molar-refractivity contribution in [2.45, 2.75) is 13.5 Å². The second-order valence-electron chi connectivity index (χ2n) is 4.10. The lowest BCUT2D eigenvalue weighted by Gasteiger charge is -2.05. The molecule has 0 bridgehead atoms. The summed E-state index contributed by atoms with van der Waals surface area (Å²) in [4.78, 5) is 11.8. The lowest BCUT2D eigenvalue weighted by molar-refractivity contribution is 0.0594. The molecule has 0 aromatic carbocycles. The summed E-state index contributed by atoms with van der Waals surface area (Å²) in [5, 5.41) is 12.0. The fourth-order valence-electron chi connectivity index (χ4n) is 1.83. The molecule has 2 rings (SSSR count). The van der Waals surface area contributed by atoms with E-state index in [0.29, 0.717) is 25.5 Å². The van der Waals surface area contributed by atoms with E-state index in [1.165, 1.54) is 7.11 Å². The highest BCUT2D eigenvalue weighted by Crippen LogP contribution is 2.22. The number of carbonyl (C=O) groups is 1. The molecule has 0 aliphatic carbocycles. The Kier molecular flexibility index (Phi) is 4.46. The number of hydrogen-bond donors (Lipinski definition) is 0. The van der Waals surface area contributed by atoms with Crippen LogP contribution in [0.25, 0.3) is 11.3 Å². The summed E-state index contributed by atoms with van der Waals surface area (Å²) in [6.45, 7) is 3.54. The van der Waals surface area contributed by atoms with Crippen LogP contribution in [0.5, 0.6) is 0 Å². The van der Waals surface area contributed by atoms with Crippen LogP contribution >= 0.6 is 0 Å². The molecule has 0 radical (unpaired) electrons. The zero-order valence-electron chi connectivity index (χ0n) is 11.7. The Morgan fingerprint density at radius 1 is 1.45 bits per heavy atom. The van der Waals surface area contributed by atoms with Gasteiger partial charge in [0.2, 0.25) is 0 Å². The van der Waals surface area contributed by atoms with Gasteiger partial charge in [0, 0.05) is 25.4 Å². The van der Waals surface area contributed by atoms with Crippen molar-refractivity contribution in [1.29, 1.82) is 0 Å². The summed E-state index contributed by atoms with van der Waals surface area (Å²) in [7, 11) is 3.12. The number of hydrogen-bond acceptors (Lipinski definition) is 6. The third-order valence-electron chi connectivity index (χ3n) is 2.74. The summed E-state index contributed by atoms with van der Waals surface area (Å²) >= 11 is 0. The van der Waals surface area contributed by atoms with Crippen LogP contribution in [-0.2, 0) is 23.1 Å². The third-order valence-corrected chi connectivity index (χ3v) is 2.74. The Morgan fingerprint density at radius 3 is 2.85 bits per heavy atom. The molecular formula is C12H17N5O3. The molecule has 0 aliphatic rings. The molecule has 108 valence electrons. The van der Waals surface area contributed by atoms with Crippen molar-refractivity contribution in [2.24, 2.45) is 7.05 Å². The predicted molar refractivity (Wildman–Crippen MR) is 70.1 cm³/mol. The maximum Gasteiger partial charge on any atom is 0.360 e. The maximum atomic E-state index is 11.8. The van der Waals surface area contributed by atoms with Crippen LogP contribution in [0.3, 0.4) is 0 Å². The topological polar surface area (TPSA) is 84.1 Å². The molecule has 0 saturated heterocycles. The second-order valence-corrected chi connectivity index (χ2v) is 4.10. The molecule has 2 aromatic rings. The van der Waals surface area contributed by atoms with Gasteiger partial charge in [0.05, 0.1) is 26.5 Å². The van der Waals surface area contributed by atoms with Gasteiger partial charge in [-0.15, -0.1) is 5.10 Å². The van der Waals surface area contributed by atoms with Crippen molar-refractivity contribution in [2.75, 3.05) is 20.3 Å². The van der Waals surface area contributed by atoms with E-state index in [1.807, 2.05) is 6.92 Å². The van der Waals surface area contributed by atoms with Crippen molar-refractivity contribution < 1.29 is 14.3 Å². The van der Waals surface area contributed by atoms with E-state index >= 15 is 0 Å². The number of carbonyl (C=O) groups excluding carboxylic acids is 1. The Morgan fingerprint density at radius 2 is 2.25 bits per heavy atom. The SMILES string of the molecule is CCOCCn1nnc(C(=O)OC)c1-c1cnn(C)c1. The number of aromatic nitrogens is 5. The van der Waals surface area contributed by atoms with Gasteiger partial charge < -0.3 is 9.47 Å². The average Bonchev–Trinajstić information content (AvgIpc) is 3.04. The van der Waals surface area contributed by atoms with E-state index in [-0.39, 0.29) is 5.69 Å². The van der Waals surface area contributed by atoms with Crippen LogP contribution in [0.4, 0.5) is 0 Å². The zero-order valence-corrected chi connectivity index (χ0v) is 11.7. The first-order chi connectivity index (χ1) is 9.67. The molecule has 8 heteroatoms. The largest absolute Gasteiger partial charge is 0.464 e. The number of aryl methyl sites for hydroxylation is 1. The highest BCUT2D eigenvalue weighted by Gasteiger charge is 2.22. The molecule has 2 heterocycles. The number of rotatable bonds is 6. The molecule has 0 amide bonds. The van der Waals surface area contributed by atoms with E-state index < -0.39 is 5.97 Å². The first kappa shape index (κ1) is 14.2. The van der Waals surface area contributed by atoms with Crippen LogP contribution in [0, 0.1) is 0 Å². The fraction of sp³-hybridized carbons (Fsp3) is 0.500. The van der Waals surface area contributed by atoms with Crippen molar-refractivity contribution >= 4 is 5.97 Å². The van der Waals surface area contributed by atoms with Gasteiger partial charge in [0.15, 0.2) is 5.69 Å². The highest BCUT2D eigenvalue weighted by molar-refractivity contribution is 5.93. The summed E-state index contributed by atoms with van der Waals surface area (Å²) in [5.41, 5.74) is 1.52. The summed E-state index contributed by atoms with van der Waals surface area (Å²) < 4.78 is 13.3. The Labute approximate surface area is 116 Å². The Balaban J connectivity index is 2.37. The molecule has 0 spiro atoms. The normalized spacial score (nSPS) is 10.8. The number of methoxy groups -OCH3 is 1.